The van der Waals surface area contributed by atoms with E-state index in [0.29, 0.717) is 31.7 Å². The van der Waals surface area contributed by atoms with Crippen molar-refractivity contribution in [2.24, 2.45) is 5.92 Å². The summed E-state index contributed by atoms with van der Waals surface area (Å²) in [5.74, 6) is -0.591. The molecule has 1 saturated heterocycles. The molecule has 7 nitrogen and oxygen atoms in total. The van der Waals surface area contributed by atoms with Crippen LogP contribution in [0.25, 0.3) is 0 Å². The Balaban J connectivity index is 1.79. The van der Waals surface area contributed by atoms with Gasteiger partial charge >= 0.3 is 12.1 Å². The second kappa shape index (κ2) is 7.29. The van der Waals surface area contributed by atoms with E-state index in [-0.39, 0.29) is 17.2 Å². The van der Waals surface area contributed by atoms with Gasteiger partial charge in [0.25, 0.3) is 0 Å². The Morgan fingerprint density at radius 2 is 1.96 bits per heavy atom. The van der Waals surface area contributed by atoms with Gasteiger partial charge in [-0.05, 0) is 31.0 Å². The molecule has 0 saturated carbocycles. The van der Waals surface area contributed by atoms with Crippen LogP contribution in [0.5, 0.6) is 0 Å². The lowest BCUT2D eigenvalue weighted by molar-refractivity contribution is -0.142. The molecule has 1 aliphatic heterocycles. The summed E-state index contributed by atoms with van der Waals surface area (Å²) in [6.45, 7) is 0.947. The Morgan fingerprint density at radius 3 is 2.59 bits per heavy atom. The van der Waals surface area contributed by atoms with E-state index in [2.05, 4.69) is 15.3 Å². The van der Waals surface area contributed by atoms with Gasteiger partial charge in [-0.1, -0.05) is 6.07 Å². The molecule has 0 unspecified atom stereocenters. The average Bonchev–Trinajstić information content (AvgIpc) is 2.63. The molecule has 4 N–H and O–H groups in total. The number of carboxylic acids is 1. The largest absolute Gasteiger partial charge is 0.481 e. The fraction of sp³-hybridized carbons (Fsp3) is 0.353. The summed E-state index contributed by atoms with van der Waals surface area (Å²) >= 11 is 0. The van der Waals surface area contributed by atoms with Crippen molar-refractivity contribution in [1.29, 1.82) is 0 Å². The summed E-state index contributed by atoms with van der Waals surface area (Å²) in [5, 5.41) is 11.9. The van der Waals surface area contributed by atoms with Gasteiger partial charge in [-0.2, -0.15) is 13.2 Å². The standard InChI is InChI=1S/C17H18F3N5O2/c18-17(19,20)11-2-1-3-12(8-11)24-14-13(21)15(23-9-22-14)25-6-4-10(5-7-25)16(26)27/h1-3,8-10H,4-7,21H2,(H,26,27)(H,22,23,24). The maximum atomic E-state index is 12.9. The first-order chi connectivity index (χ1) is 12.8. The van der Waals surface area contributed by atoms with Gasteiger partial charge < -0.3 is 21.1 Å². The number of piperidine rings is 1. The minimum atomic E-state index is -4.45. The van der Waals surface area contributed by atoms with Crippen molar-refractivity contribution in [3.8, 4) is 0 Å². The molecule has 1 fully saturated rings. The predicted octanol–water partition coefficient (Wildman–Crippen LogP) is 3.12. The second-order valence-electron chi connectivity index (χ2n) is 6.26. The number of nitrogen functional groups attached to an aromatic ring is 1. The lowest BCUT2D eigenvalue weighted by atomic mass is 9.97. The molecule has 1 aliphatic rings. The molecule has 2 aromatic rings. The molecule has 0 atom stereocenters. The van der Waals surface area contributed by atoms with Gasteiger partial charge in [0.2, 0.25) is 0 Å². The number of aliphatic carboxylic acids is 1. The summed E-state index contributed by atoms with van der Waals surface area (Å²) < 4.78 is 38.6. The molecule has 10 heteroatoms. The van der Waals surface area contributed by atoms with E-state index < -0.39 is 23.6 Å². The Morgan fingerprint density at radius 1 is 1.26 bits per heavy atom. The van der Waals surface area contributed by atoms with Crippen LogP contribution in [-0.4, -0.2) is 34.1 Å². The molecule has 0 aliphatic carbocycles. The van der Waals surface area contributed by atoms with Crippen molar-refractivity contribution in [3.63, 3.8) is 0 Å². The van der Waals surface area contributed by atoms with E-state index in [1.165, 1.54) is 18.5 Å². The Hall–Kier alpha value is -3.04. The van der Waals surface area contributed by atoms with Gasteiger partial charge in [0.15, 0.2) is 11.6 Å². The van der Waals surface area contributed by atoms with Gasteiger partial charge in [0.1, 0.15) is 12.0 Å². The third kappa shape index (κ3) is 4.21. The third-order valence-corrected chi connectivity index (χ3v) is 4.46. The molecule has 2 heterocycles. The molecule has 0 bridgehead atoms. The first-order valence-electron chi connectivity index (χ1n) is 8.28. The van der Waals surface area contributed by atoms with Crippen molar-refractivity contribution in [2.45, 2.75) is 19.0 Å². The minimum absolute atomic E-state index is 0.194. The van der Waals surface area contributed by atoms with Gasteiger partial charge in [-0.3, -0.25) is 4.79 Å². The van der Waals surface area contributed by atoms with Crippen LogP contribution in [0, 0.1) is 5.92 Å². The maximum Gasteiger partial charge on any atom is 0.416 e. The zero-order chi connectivity index (χ0) is 19.6. The fourth-order valence-electron chi connectivity index (χ4n) is 2.99. The zero-order valence-electron chi connectivity index (χ0n) is 14.2. The number of carboxylic acid groups (broad SMARTS) is 1. The molecule has 3 rings (SSSR count). The average molecular weight is 381 g/mol. The first kappa shape index (κ1) is 18.7. The number of nitrogens with two attached hydrogens (primary N) is 1. The van der Waals surface area contributed by atoms with E-state index >= 15 is 0 Å². The van der Waals surface area contributed by atoms with E-state index in [4.69, 9.17) is 10.8 Å². The van der Waals surface area contributed by atoms with E-state index in [0.717, 1.165) is 12.1 Å². The molecule has 27 heavy (non-hydrogen) atoms. The first-order valence-corrected chi connectivity index (χ1v) is 8.28. The molecule has 0 amide bonds. The van der Waals surface area contributed by atoms with Crippen LogP contribution < -0.4 is 16.0 Å². The van der Waals surface area contributed by atoms with Crippen LogP contribution in [0.2, 0.25) is 0 Å². The summed E-state index contributed by atoms with van der Waals surface area (Å²) in [6, 6.07) is 4.72. The number of nitrogens with one attached hydrogen (secondary N) is 1. The smallest absolute Gasteiger partial charge is 0.416 e. The van der Waals surface area contributed by atoms with Crippen molar-refractivity contribution in [3.05, 3.63) is 36.2 Å². The number of rotatable bonds is 4. The lowest BCUT2D eigenvalue weighted by Gasteiger charge is -2.31. The van der Waals surface area contributed by atoms with Crippen LogP contribution in [0.15, 0.2) is 30.6 Å². The van der Waals surface area contributed by atoms with Gasteiger partial charge in [0, 0.05) is 18.8 Å². The van der Waals surface area contributed by atoms with Crippen molar-refractivity contribution in [2.75, 3.05) is 29.0 Å². The molecule has 144 valence electrons. The number of hydrogen-bond donors (Lipinski definition) is 3. The summed E-state index contributed by atoms with van der Waals surface area (Å²) in [4.78, 5) is 21.1. The van der Waals surface area contributed by atoms with E-state index in [1.807, 2.05) is 4.90 Å². The maximum absolute atomic E-state index is 12.9. The number of hydrogen-bond acceptors (Lipinski definition) is 6. The highest BCUT2D eigenvalue weighted by atomic mass is 19.4. The predicted molar refractivity (Wildman–Crippen MR) is 93.7 cm³/mol. The van der Waals surface area contributed by atoms with Gasteiger partial charge in [-0.25, -0.2) is 9.97 Å². The molecule has 1 aromatic carbocycles. The van der Waals surface area contributed by atoms with E-state index in [9.17, 15) is 18.0 Å². The van der Waals surface area contributed by atoms with Crippen molar-refractivity contribution in [1.82, 2.24) is 9.97 Å². The molecular weight excluding hydrogens is 363 g/mol. The number of aromatic nitrogens is 2. The summed E-state index contributed by atoms with van der Waals surface area (Å²) in [6.07, 6.45) is -2.25. The van der Waals surface area contributed by atoms with Crippen molar-refractivity contribution >= 4 is 29.0 Å². The number of nitrogens with zero attached hydrogens (tertiary/aromatic N) is 3. The molecule has 0 spiro atoms. The minimum Gasteiger partial charge on any atom is -0.481 e. The monoisotopic (exact) mass is 381 g/mol. The third-order valence-electron chi connectivity index (χ3n) is 4.46. The number of anilines is 4. The number of benzene rings is 1. The van der Waals surface area contributed by atoms with Crippen LogP contribution >= 0.6 is 0 Å². The zero-order valence-corrected chi connectivity index (χ0v) is 14.2. The number of alkyl halides is 3. The van der Waals surface area contributed by atoms with Crippen molar-refractivity contribution < 1.29 is 23.1 Å². The Bertz CT molecular complexity index is 836. The van der Waals surface area contributed by atoms with Crippen LogP contribution in [-0.2, 0) is 11.0 Å². The fourth-order valence-corrected chi connectivity index (χ4v) is 2.99. The summed E-state index contributed by atoms with van der Waals surface area (Å²) in [7, 11) is 0. The van der Waals surface area contributed by atoms with Gasteiger partial charge in [0.05, 0.1) is 11.5 Å². The highest BCUT2D eigenvalue weighted by Crippen LogP contribution is 2.34. The SMILES string of the molecule is Nc1c(Nc2cccc(C(F)(F)F)c2)ncnc1N1CCC(C(=O)O)CC1. The molecule has 0 radical (unpaired) electrons. The topological polar surface area (TPSA) is 104 Å². The number of halogens is 3. The highest BCUT2D eigenvalue weighted by molar-refractivity contribution is 5.78. The Kier molecular flexibility index (Phi) is 5.06. The van der Waals surface area contributed by atoms with Crippen LogP contribution in [0.4, 0.5) is 36.2 Å². The molecule has 1 aromatic heterocycles. The number of carbonyl (C=O) groups is 1. The van der Waals surface area contributed by atoms with Gasteiger partial charge in [-0.15, -0.1) is 0 Å². The molecular formula is C17H18F3N5O2. The lowest BCUT2D eigenvalue weighted by Crippen LogP contribution is -2.37. The Labute approximate surface area is 153 Å². The summed E-state index contributed by atoms with van der Waals surface area (Å²) in [5.41, 5.74) is 5.73. The van der Waals surface area contributed by atoms with E-state index in [1.54, 1.807) is 0 Å². The highest BCUT2D eigenvalue weighted by Gasteiger charge is 2.30. The quantitative estimate of drug-likeness (QED) is 0.747. The normalized spacial score (nSPS) is 15.6. The van der Waals surface area contributed by atoms with Crippen LogP contribution in [0.1, 0.15) is 18.4 Å². The second-order valence-corrected chi connectivity index (χ2v) is 6.26. The van der Waals surface area contributed by atoms with Crippen LogP contribution in [0.3, 0.4) is 0 Å².